The zero-order valence-electron chi connectivity index (χ0n) is 11.5. The van der Waals surface area contributed by atoms with Crippen molar-refractivity contribution in [1.29, 1.82) is 0 Å². The molecule has 1 amide bonds. The van der Waals surface area contributed by atoms with E-state index in [0.29, 0.717) is 0 Å². The Morgan fingerprint density at radius 2 is 1.79 bits per heavy atom. The van der Waals surface area contributed by atoms with E-state index in [1.54, 1.807) is 6.92 Å². The number of benzene rings is 1. The van der Waals surface area contributed by atoms with E-state index in [1.807, 2.05) is 43.0 Å². The van der Waals surface area contributed by atoms with E-state index in [2.05, 4.69) is 6.92 Å². The number of halogens is 2. The molecule has 0 aromatic heterocycles. The zero-order valence-corrected chi connectivity index (χ0v) is 13.0. The van der Waals surface area contributed by atoms with Gasteiger partial charge in [-0.1, -0.05) is 25.1 Å². The third kappa shape index (κ3) is 1.32. The number of carbonyl (C=O) groups excluding carboxylic acids is 1. The lowest BCUT2D eigenvalue weighted by molar-refractivity contribution is -0.117. The molecule has 1 aromatic carbocycles. The van der Waals surface area contributed by atoms with Gasteiger partial charge in [-0.25, -0.2) is 0 Å². The number of anilines is 1. The first-order valence-electron chi connectivity index (χ1n) is 6.45. The highest BCUT2D eigenvalue weighted by Crippen LogP contribution is 2.76. The van der Waals surface area contributed by atoms with E-state index in [4.69, 9.17) is 23.2 Å². The summed E-state index contributed by atoms with van der Waals surface area (Å²) in [5.74, 6) is 0.0603. The molecule has 2 aliphatic rings. The summed E-state index contributed by atoms with van der Waals surface area (Å²) >= 11 is 13.1. The van der Waals surface area contributed by atoms with Crippen molar-refractivity contribution in [2.45, 2.75) is 43.0 Å². The molecule has 0 bridgehead atoms. The van der Waals surface area contributed by atoms with E-state index >= 15 is 0 Å². The van der Waals surface area contributed by atoms with Crippen molar-refractivity contribution in [3.8, 4) is 0 Å². The van der Waals surface area contributed by atoms with Crippen LogP contribution in [0.2, 0.25) is 0 Å². The van der Waals surface area contributed by atoms with Crippen molar-refractivity contribution < 1.29 is 4.79 Å². The SMILES string of the molecule is CC(=O)N1c2ccccc2[C@]2(C)[C@@H](C1(C)C)C2(Cl)Cl. The largest absolute Gasteiger partial charge is 0.306 e. The molecule has 1 heterocycles. The number of amides is 1. The van der Waals surface area contributed by atoms with E-state index in [9.17, 15) is 4.79 Å². The van der Waals surface area contributed by atoms with Crippen molar-refractivity contribution in [3.63, 3.8) is 0 Å². The summed E-state index contributed by atoms with van der Waals surface area (Å²) in [5.41, 5.74) is 1.32. The molecule has 1 aliphatic heterocycles. The van der Waals surface area contributed by atoms with Crippen LogP contribution in [0.15, 0.2) is 24.3 Å². The lowest BCUT2D eigenvalue weighted by Gasteiger charge is -2.44. The number of para-hydroxylation sites is 1. The molecule has 1 saturated carbocycles. The van der Waals surface area contributed by atoms with Crippen LogP contribution in [0.3, 0.4) is 0 Å². The molecule has 2 atom stereocenters. The smallest absolute Gasteiger partial charge is 0.224 e. The lowest BCUT2D eigenvalue weighted by Crippen LogP contribution is -2.53. The highest BCUT2D eigenvalue weighted by atomic mass is 35.5. The summed E-state index contributed by atoms with van der Waals surface area (Å²) in [6.45, 7) is 7.77. The molecule has 1 aliphatic carbocycles. The van der Waals surface area contributed by atoms with Gasteiger partial charge in [0.25, 0.3) is 0 Å². The Bertz CT molecular complexity index is 581. The molecule has 0 radical (unpaired) electrons. The van der Waals surface area contributed by atoms with Crippen LogP contribution >= 0.6 is 23.2 Å². The van der Waals surface area contributed by atoms with Crippen LogP contribution in [0.25, 0.3) is 0 Å². The van der Waals surface area contributed by atoms with Crippen molar-refractivity contribution in [2.24, 2.45) is 5.92 Å². The predicted octanol–water partition coefficient (Wildman–Crippen LogP) is 3.89. The monoisotopic (exact) mass is 297 g/mol. The van der Waals surface area contributed by atoms with E-state index in [1.165, 1.54) is 0 Å². The maximum absolute atomic E-state index is 12.1. The summed E-state index contributed by atoms with van der Waals surface area (Å²) in [6, 6.07) is 7.92. The van der Waals surface area contributed by atoms with Crippen LogP contribution in [-0.2, 0) is 10.2 Å². The number of carbonyl (C=O) groups is 1. The van der Waals surface area contributed by atoms with Gasteiger partial charge in [0.2, 0.25) is 5.91 Å². The number of fused-ring (bicyclic) bond motifs is 3. The van der Waals surface area contributed by atoms with Crippen molar-refractivity contribution >= 4 is 34.8 Å². The molecule has 0 saturated heterocycles. The Morgan fingerprint density at radius 3 is 2.37 bits per heavy atom. The lowest BCUT2D eigenvalue weighted by atomic mass is 9.80. The minimum atomic E-state index is -0.823. The molecular weight excluding hydrogens is 281 g/mol. The average molecular weight is 298 g/mol. The number of alkyl halides is 2. The van der Waals surface area contributed by atoms with E-state index in [-0.39, 0.29) is 17.2 Å². The number of hydrogen-bond acceptors (Lipinski definition) is 1. The molecule has 19 heavy (non-hydrogen) atoms. The molecular formula is C15H17Cl2NO. The summed E-state index contributed by atoms with van der Waals surface area (Å²) in [5, 5.41) is 0. The summed E-state index contributed by atoms with van der Waals surface area (Å²) in [6.07, 6.45) is 0. The van der Waals surface area contributed by atoms with Crippen LogP contribution in [0, 0.1) is 5.92 Å². The molecule has 4 heteroatoms. The van der Waals surface area contributed by atoms with Crippen LogP contribution in [-0.4, -0.2) is 15.8 Å². The average Bonchev–Trinajstić information content (AvgIpc) is 2.74. The second-order valence-electron chi connectivity index (χ2n) is 6.28. The number of nitrogens with zero attached hydrogens (tertiary/aromatic N) is 1. The minimum Gasteiger partial charge on any atom is -0.306 e. The summed E-state index contributed by atoms with van der Waals surface area (Å²) < 4.78 is -0.823. The topological polar surface area (TPSA) is 20.3 Å². The third-order valence-corrected chi connectivity index (χ3v) is 6.07. The molecule has 3 rings (SSSR count). The Morgan fingerprint density at radius 1 is 1.21 bits per heavy atom. The molecule has 1 fully saturated rings. The van der Waals surface area contributed by atoms with Gasteiger partial charge in [0.1, 0.15) is 4.33 Å². The highest BCUT2D eigenvalue weighted by molar-refractivity contribution is 6.53. The molecule has 2 nitrogen and oxygen atoms in total. The third-order valence-electron chi connectivity index (χ3n) is 4.85. The molecule has 0 unspecified atom stereocenters. The fourth-order valence-electron chi connectivity index (χ4n) is 4.14. The number of rotatable bonds is 0. The summed E-state index contributed by atoms with van der Waals surface area (Å²) in [4.78, 5) is 13.9. The normalized spacial score (nSPS) is 33.4. The first-order valence-corrected chi connectivity index (χ1v) is 7.20. The quantitative estimate of drug-likeness (QED) is 0.665. The minimum absolute atomic E-state index is 0.0236. The van der Waals surface area contributed by atoms with Crippen molar-refractivity contribution in [1.82, 2.24) is 0 Å². The predicted molar refractivity (Wildman–Crippen MR) is 79.0 cm³/mol. The van der Waals surface area contributed by atoms with Crippen LogP contribution in [0.5, 0.6) is 0 Å². The Kier molecular flexibility index (Phi) is 2.43. The van der Waals surface area contributed by atoms with Gasteiger partial charge < -0.3 is 4.90 Å². The maximum Gasteiger partial charge on any atom is 0.224 e. The molecule has 102 valence electrons. The van der Waals surface area contributed by atoms with E-state index in [0.717, 1.165) is 11.3 Å². The van der Waals surface area contributed by atoms with Crippen molar-refractivity contribution in [3.05, 3.63) is 29.8 Å². The fourth-order valence-corrected chi connectivity index (χ4v) is 5.42. The molecule has 0 spiro atoms. The first kappa shape index (κ1) is 13.3. The van der Waals surface area contributed by atoms with Gasteiger partial charge in [0, 0.05) is 29.5 Å². The van der Waals surface area contributed by atoms with Gasteiger partial charge in [-0.2, -0.15) is 0 Å². The number of hydrogen-bond donors (Lipinski definition) is 0. The second-order valence-corrected chi connectivity index (χ2v) is 7.67. The van der Waals surface area contributed by atoms with E-state index < -0.39 is 9.87 Å². The zero-order chi connectivity index (χ0) is 14.2. The van der Waals surface area contributed by atoms with Crippen LogP contribution < -0.4 is 4.90 Å². The van der Waals surface area contributed by atoms with Crippen molar-refractivity contribution in [2.75, 3.05) is 4.90 Å². The summed E-state index contributed by atoms with van der Waals surface area (Å²) in [7, 11) is 0. The fraction of sp³-hybridized carbons (Fsp3) is 0.533. The van der Waals surface area contributed by atoms with Gasteiger partial charge in [-0.15, -0.1) is 23.2 Å². The van der Waals surface area contributed by atoms with Gasteiger partial charge in [0.15, 0.2) is 0 Å². The molecule has 0 N–H and O–H groups in total. The maximum atomic E-state index is 12.1. The van der Waals surface area contributed by atoms with Gasteiger partial charge >= 0.3 is 0 Å². The second kappa shape index (κ2) is 3.48. The standard InChI is InChI=1S/C15H17Cl2NO/c1-9(19)18-11-8-6-5-7-10(11)14(4)12(13(18,2)3)15(14,16)17/h5-8,12H,1-4H3/t12-,14-/m1/s1. The van der Waals surface area contributed by atoms with Crippen LogP contribution in [0.1, 0.15) is 33.3 Å². The van der Waals surface area contributed by atoms with Gasteiger partial charge in [0.05, 0.1) is 0 Å². The Hall–Kier alpha value is -0.730. The Balaban J connectivity index is 2.31. The van der Waals surface area contributed by atoms with Gasteiger partial charge in [-0.3, -0.25) is 4.79 Å². The van der Waals surface area contributed by atoms with Gasteiger partial charge in [-0.05, 0) is 25.5 Å². The van der Waals surface area contributed by atoms with Crippen LogP contribution in [0.4, 0.5) is 5.69 Å². The first-order chi connectivity index (χ1) is 8.66. The Labute approximate surface area is 123 Å². The molecule has 1 aromatic rings. The highest BCUT2D eigenvalue weighted by Gasteiger charge is 2.81.